The zero-order chi connectivity index (χ0) is 12.5. The summed E-state index contributed by atoms with van der Waals surface area (Å²) in [6, 6.07) is 0.397. The van der Waals surface area contributed by atoms with Crippen molar-refractivity contribution in [2.45, 2.75) is 45.6 Å². The maximum absolute atomic E-state index is 5.91. The molecule has 0 aromatic carbocycles. The molecule has 94 valence electrons. The first-order chi connectivity index (χ1) is 7.96. The highest BCUT2D eigenvalue weighted by atomic mass is 35.5. The minimum absolute atomic E-state index is 0.119. The lowest BCUT2D eigenvalue weighted by Gasteiger charge is -2.34. The number of anilines is 1. The van der Waals surface area contributed by atoms with Gasteiger partial charge in [0.25, 0.3) is 0 Å². The Morgan fingerprint density at radius 3 is 2.47 bits per heavy atom. The molecule has 1 N–H and O–H groups in total. The largest absolute Gasteiger partial charge is 0.365 e. The Morgan fingerprint density at radius 2 is 1.82 bits per heavy atom. The molecule has 0 spiro atoms. The van der Waals surface area contributed by atoms with Crippen molar-refractivity contribution in [3.63, 3.8) is 0 Å². The molecule has 4 nitrogen and oxygen atoms in total. The Balaban J connectivity index is 2.00. The summed E-state index contributed by atoms with van der Waals surface area (Å²) in [5.41, 5.74) is 0.448. The van der Waals surface area contributed by atoms with E-state index in [9.17, 15) is 0 Å². The molecule has 0 atom stereocenters. The van der Waals surface area contributed by atoms with E-state index in [-0.39, 0.29) is 10.4 Å². The maximum Gasteiger partial charge on any atom is 0.245 e. The summed E-state index contributed by atoms with van der Waals surface area (Å²) >= 11 is 11.6. The molecule has 0 aliphatic heterocycles. The van der Waals surface area contributed by atoms with Crippen LogP contribution in [0.5, 0.6) is 0 Å². The first-order valence-electron chi connectivity index (χ1n) is 5.78. The van der Waals surface area contributed by atoms with Gasteiger partial charge in [0.1, 0.15) is 0 Å². The van der Waals surface area contributed by atoms with Gasteiger partial charge in [0.15, 0.2) is 11.0 Å². The highest BCUT2D eigenvalue weighted by Crippen LogP contribution is 2.36. The SMILES string of the molecule is CC1(C)CCC(Nc2nc(Cl)nnc2Cl)CC1. The number of aromatic nitrogens is 3. The van der Waals surface area contributed by atoms with Gasteiger partial charge >= 0.3 is 0 Å². The molecule has 1 heterocycles. The number of nitrogens with zero attached hydrogens (tertiary/aromatic N) is 3. The monoisotopic (exact) mass is 274 g/mol. The topological polar surface area (TPSA) is 50.7 Å². The van der Waals surface area contributed by atoms with Crippen LogP contribution in [0.4, 0.5) is 5.82 Å². The molecule has 1 aromatic heterocycles. The van der Waals surface area contributed by atoms with Crippen LogP contribution in [0, 0.1) is 5.41 Å². The molecule has 6 heteroatoms. The fourth-order valence-corrected chi connectivity index (χ4v) is 2.38. The Bertz CT molecular complexity index is 398. The fraction of sp³-hybridized carbons (Fsp3) is 0.727. The minimum atomic E-state index is 0.119. The van der Waals surface area contributed by atoms with E-state index < -0.39 is 0 Å². The van der Waals surface area contributed by atoms with Gasteiger partial charge in [-0.3, -0.25) is 0 Å². The Labute approximate surface area is 111 Å². The molecule has 0 amide bonds. The van der Waals surface area contributed by atoms with Gasteiger partial charge < -0.3 is 5.32 Å². The molecule has 2 rings (SSSR count). The van der Waals surface area contributed by atoms with Crippen LogP contribution in [0.25, 0.3) is 0 Å². The summed E-state index contributed by atoms with van der Waals surface area (Å²) in [7, 11) is 0. The lowest BCUT2D eigenvalue weighted by molar-refractivity contribution is 0.232. The number of rotatable bonds is 2. The summed E-state index contributed by atoms with van der Waals surface area (Å²) in [5.74, 6) is 0.538. The second-order valence-corrected chi connectivity index (χ2v) is 6.00. The number of hydrogen-bond donors (Lipinski definition) is 1. The Hall–Kier alpha value is -0.610. The molecule has 0 unspecified atom stereocenters. The van der Waals surface area contributed by atoms with Crippen molar-refractivity contribution in [1.29, 1.82) is 0 Å². The summed E-state index contributed by atoms with van der Waals surface area (Å²) in [6.45, 7) is 4.61. The van der Waals surface area contributed by atoms with E-state index in [2.05, 4.69) is 34.3 Å². The second kappa shape index (κ2) is 4.94. The van der Waals surface area contributed by atoms with Crippen LogP contribution in [0.1, 0.15) is 39.5 Å². The quantitative estimate of drug-likeness (QED) is 0.896. The average Bonchev–Trinajstić information content (AvgIpc) is 2.26. The van der Waals surface area contributed by atoms with Gasteiger partial charge in [0.2, 0.25) is 5.28 Å². The molecule has 1 aliphatic rings. The van der Waals surface area contributed by atoms with Crippen LogP contribution in [0.2, 0.25) is 10.4 Å². The Kier molecular flexibility index (Phi) is 3.73. The lowest BCUT2D eigenvalue weighted by Crippen LogP contribution is -2.30. The van der Waals surface area contributed by atoms with Gasteiger partial charge in [-0.05, 0) is 42.7 Å². The third kappa shape index (κ3) is 3.42. The van der Waals surface area contributed by atoms with Gasteiger partial charge in [-0.15, -0.1) is 10.2 Å². The molecule has 1 aromatic rings. The van der Waals surface area contributed by atoms with Crippen molar-refractivity contribution in [2.75, 3.05) is 5.32 Å². The van der Waals surface area contributed by atoms with Gasteiger partial charge in [0.05, 0.1) is 0 Å². The maximum atomic E-state index is 5.91. The lowest BCUT2D eigenvalue weighted by atomic mass is 9.75. The molecule has 17 heavy (non-hydrogen) atoms. The van der Waals surface area contributed by atoms with E-state index in [0.717, 1.165) is 12.8 Å². The second-order valence-electron chi connectivity index (χ2n) is 5.30. The predicted octanol–water partition coefficient (Wildman–Crippen LogP) is 3.56. The molecule has 0 saturated heterocycles. The average molecular weight is 275 g/mol. The third-order valence-corrected chi connectivity index (χ3v) is 3.71. The first kappa shape index (κ1) is 12.8. The van der Waals surface area contributed by atoms with Gasteiger partial charge in [-0.2, -0.15) is 4.98 Å². The van der Waals surface area contributed by atoms with E-state index >= 15 is 0 Å². The zero-order valence-electron chi connectivity index (χ0n) is 10.0. The van der Waals surface area contributed by atoms with Crippen molar-refractivity contribution in [1.82, 2.24) is 15.2 Å². The molecular weight excluding hydrogens is 259 g/mol. The molecular formula is C11H16Cl2N4. The Morgan fingerprint density at radius 1 is 1.18 bits per heavy atom. The van der Waals surface area contributed by atoms with Crippen LogP contribution in [0.15, 0.2) is 0 Å². The summed E-state index contributed by atoms with van der Waals surface area (Å²) in [4.78, 5) is 4.05. The third-order valence-electron chi connectivity index (χ3n) is 3.30. The van der Waals surface area contributed by atoms with E-state index in [0.29, 0.717) is 17.3 Å². The van der Waals surface area contributed by atoms with Gasteiger partial charge in [-0.1, -0.05) is 25.4 Å². The van der Waals surface area contributed by atoms with Crippen LogP contribution in [-0.4, -0.2) is 21.2 Å². The van der Waals surface area contributed by atoms with Gasteiger partial charge in [-0.25, -0.2) is 0 Å². The molecule has 0 bridgehead atoms. The smallest absolute Gasteiger partial charge is 0.245 e. The molecule has 0 radical (unpaired) electrons. The fourth-order valence-electron chi connectivity index (χ4n) is 2.12. The standard InChI is InChI=1S/C11H16Cl2N4/c1-11(2)5-3-7(4-6-11)14-9-8(12)16-17-10(13)15-9/h7H,3-6H2,1-2H3,(H,14,15,17). The summed E-state index contributed by atoms with van der Waals surface area (Å²) in [6.07, 6.45) is 4.64. The molecule has 1 fully saturated rings. The normalized spacial score (nSPS) is 20.2. The zero-order valence-corrected chi connectivity index (χ0v) is 11.5. The van der Waals surface area contributed by atoms with Crippen molar-refractivity contribution in [3.05, 3.63) is 10.4 Å². The highest BCUT2D eigenvalue weighted by Gasteiger charge is 2.27. The molecule has 1 aliphatic carbocycles. The van der Waals surface area contributed by atoms with E-state index in [1.54, 1.807) is 0 Å². The van der Waals surface area contributed by atoms with Crippen molar-refractivity contribution in [3.8, 4) is 0 Å². The van der Waals surface area contributed by atoms with Crippen LogP contribution < -0.4 is 5.32 Å². The number of halogens is 2. The van der Waals surface area contributed by atoms with Crippen LogP contribution in [0.3, 0.4) is 0 Å². The van der Waals surface area contributed by atoms with Crippen molar-refractivity contribution in [2.24, 2.45) is 5.41 Å². The first-order valence-corrected chi connectivity index (χ1v) is 6.54. The minimum Gasteiger partial charge on any atom is -0.365 e. The van der Waals surface area contributed by atoms with Crippen LogP contribution >= 0.6 is 23.2 Å². The highest BCUT2D eigenvalue weighted by molar-refractivity contribution is 6.32. The van der Waals surface area contributed by atoms with E-state index in [1.165, 1.54) is 12.8 Å². The van der Waals surface area contributed by atoms with Crippen molar-refractivity contribution >= 4 is 29.0 Å². The molecule has 1 saturated carbocycles. The van der Waals surface area contributed by atoms with E-state index in [1.807, 2.05) is 0 Å². The predicted molar refractivity (Wildman–Crippen MR) is 69.5 cm³/mol. The van der Waals surface area contributed by atoms with Crippen LogP contribution in [-0.2, 0) is 0 Å². The summed E-state index contributed by atoms with van der Waals surface area (Å²) < 4.78 is 0. The van der Waals surface area contributed by atoms with E-state index in [4.69, 9.17) is 23.2 Å². The van der Waals surface area contributed by atoms with Gasteiger partial charge in [0, 0.05) is 6.04 Å². The summed E-state index contributed by atoms with van der Waals surface area (Å²) in [5, 5.41) is 11.0. The number of hydrogen-bond acceptors (Lipinski definition) is 4. The van der Waals surface area contributed by atoms with Crippen molar-refractivity contribution < 1.29 is 0 Å². The number of nitrogens with one attached hydrogen (secondary N) is 1.